The summed E-state index contributed by atoms with van der Waals surface area (Å²) in [5.41, 5.74) is 1.69. The van der Waals surface area contributed by atoms with Crippen LogP contribution in [0.2, 0.25) is 0 Å². The SMILES string of the molecule is O=c1c2ccccc2nc(-c2cc3ccccc3o2)n1N=Cc1cc(Br)c(OCc2ccc(Br)cc2)c([N+](=O)[O-])c1. The van der Waals surface area contributed by atoms with Crippen molar-refractivity contribution in [2.24, 2.45) is 5.10 Å². The van der Waals surface area contributed by atoms with Crippen LogP contribution in [-0.4, -0.2) is 20.8 Å². The third kappa shape index (κ3) is 5.41. The van der Waals surface area contributed by atoms with Gasteiger partial charge in [-0.15, -0.1) is 0 Å². The lowest BCUT2D eigenvalue weighted by atomic mass is 10.2. The number of hydrogen-bond acceptors (Lipinski definition) is 7. The van der Waals surface area contributed by atoms with E-state index in [1.54, 1.807) is 36.4 Å². The van der Waals surface area contributed by atoms with Gasteiger partial charge in [-0.3, -0.25) is 14.9 Å². The Labute approximate surface area is 249 Å². The van der Waals surface area contributed by atoms with E-state index in [0.717, 1.165) is 20.1 Å². The topological polar surface area (TPSA) is 113 Å². The van der Waals surface area contributed by atoms with Crippen molar-refractivity contribution in [2.45, 2.75) is 6.61 Å². The molecule has 41 heavy (non-hydrogen) atoms. The number of nitro groups is 1. The number of nitro benzene ring substituents is 1. The van der Waals surface area contributed by atoms with E-state index >= 15 is 0 Å². The first-order valence-electron chi connectivity index (χ1n) is 12.3. The van der Waals surface area contributed by atoms with Crippen molar-refractivity contribution in [2.75, 3.05) is 0 Å². The second kappa shape index (κ2) is 11.1. The van der Waals surface area contributed by atoms with E-state index in [4.69, 9.17) is 9.15 Å². The van der Waals surface area contributed by atoms with Crippen LogP contribution in [0.5, 0.6) is 5.75 Å². The maximum Gasteiger partial charge on any atom is 0.312 e. The van der Waals surface area contributed by atoms with Crippen LogP contribution in [-0.2, 0) is 6.61 Å². The van der Waals surface area contributed by atoms with Crippen molar-refractivity contribution in [3.05, 3.63) is 132 Å². The van der Waals surface area contributed by atoms with Gasteiger partial charge in [0, 0.05) is 21.5 Å². The van der Waals surface area contributed by atoms with Gasteiger partial charge in [-0.1, -0.05) is 58.4 Å². The minimum absolute atomic E-state index is 0.0857. The van der Waals surface area contributed by atoms with E-state index in [1.165, 1.54) is 12.3 Å². The van der Waals surface area contributed by atoms with E-state index in [-0.39, 0.29) is 23.9 Å². The molecule has 0 atom stereocenters. The molecule has 2 aromatic heterocycles. The lowest BCUT2D eigenvalue weighted by Gasteiger charge is -2.10. The molecule has 0 bridgehead atoms. The van der Waals surface area contributed by atoms with Crippen LogP contribution in [0.15, 0.2) is 114 Å². The van der Waals surface area contributed by atoms with Crippen LogP contribution >= 0.6 is 31.9 Å². The summed E-state index contributed by atoms with van der Waals surface area (Å²) in [6, 6.07) is 26.6. The number of aromatic nitrogens is 2. The zero-order chi connectivity index (χ0) is 28.5. The Hall–Kier alpha value is -4.61. The van der Waals surface area contributed by atoms with E-state index in [0.29, 0.717) is 32.3 Å². The molecule has 0 unspecified atom stereocenters. The molecule has 0 aliphatic heterocycles. The smallest absolute Gasteiger partial charge is 0.312 e. The van der Waals surface area contributed by atoms with Crippen LogP contribution in [0.1, 0.15) is 11.1 Å². The lowest BCUT2D eigenvalue weighted by Crippen LogP contribution is -2.20. The highest BCUT2D eigenvalue weighted by atomic mass is 79.9. The molecule has 6 aromatic rings. The molecule has 4 aromatic carbocycles. The molecule has 0 fully saturated rings. The van der Waals surface area contributed by atoms with Gasteiger partial charge in [-0.2, -0.15) is 9.78 Å². The summed E-state index contributed by atoms with van der Waals surface area (Å²) in [4.78, 5) is 29.6. The maximum absolute atomic E-state index is 13.5. The summed E-state index contributed by atoms with van der Waals surface area (Å²) in [6.45, 7) is 0.138. The van der Waals surface area contributed by atoms with Crippen molar-refractivity contribution in [1.29, 1.82) is 0 Å². The van der Waals surface area contributed by atoms with Crippen molar-refractivity contribution < 1.29 is 14.1 Å². The Morgan fingerprint density at radius 3 is 2.54 bits per heavy atom. The Balaban J connectivity index is 1.41. The summed E-state index contributed by atoms with van der Waals surface area (Å²) in [6.07, 6.45) is 1.36. The van der Waals surface area contributed by atoms with E-state index < -0.39 is 10.5 Å². The predicted octanol–water partition coefficient (Wildman–Crippen LogP) is 7.70. The molecule has 0 N–H and O–H groups in total. The predicted molar refractivity (Wildman–Crippen MR) is 163 cm³/mol. The summed E-state index contributed by atoms with van der Waals surface area (Å²) in [5, 5.41) is 17.6. The Bertz CT molecular complexity index is 2000. The summed E-state index contributed by atoms with van der Waals surface area (Å²) < 4.78 is 14.2. The second-order valence-electron chi connectivity index (χ2n) is 8.99. The highest BCUT2D eigenvalue weighted by Gasteiger charge is 2.21. The summed E-state index contributed by atoms with van der Waals surface area (Å²) in [7, 11) is 0. The van der Waals surface area contributed by atoms with Crippen LogP contribution in [0.4, 0.5) is 5.69 Å². The van der Waals surface area contributed by atoms with Gasteiger partial charge in [-0.05, 0) is 64.0 Å². The third-order valence-electron chi connectivity index (χ3n) is 6.26. The largest absolute Gasteiger partial charge is 0.481 e. The maximum atomic E-state index is 13.5. The van der Waals surface area contributed by atoms with Gasteiger partial charge >= 0.3 is 5.69 Å². The quantitative estimate of drug-likeness (QED) is 0.0975. The molecule has 0 aliphatic carbocycles. The van der Waals surface area contributed by atoms with Crippen molar-refractivity contribution in [3.8, 4) is 17.3 Å². The average Bonchev–Trinajstić information content (AvgIpc) is 3.41. The molecule has 0 saturated carbocycles. The third-order valence-corrected chi connectivity index (χ3v) is 7.38. The molecule has 0 radical (unpaired) electrons. The van der Waals surface area contributed by atoms with Gasteiger partial charge in [0.15, 0.2) is 5.76 Å². The van der Waals surface area contributed by atoms with E-state index in [1.807, 2.05) is 48.5 Å². The molecule has 9 nitrogen and oxygen atoms in total. The first-order chi connectivity index (χ1) is 19.9. The van der Waals surface area contributed by atoms with Gasteiger partial charge in [0.25, 0.3) is 5.56 Å². The summed E-state index contributed by atoms with van der Waals surface area (Å²) >= 11 is 6.79. The molecule has 0 spiro atoms. The normalized spacial score (nSPS) is 11.5. The van der Waals surface area contributed by atoms with E-state index in [2.05, 4.69) is 41.9 Å². The summed E-state index contributed by atoms with van der Waals surface area (Å²) in [5.74, 6) is 0.641. The lowest BCUT2D eigenvalue weighted by molar-refractivity contribution is -0.386. The Kier molecular flexibility index (Phi) is 7.21. The number of furan rings is 1. The highest BCUT2D eigenvalue weighted by molar-refractivity contribution is 9.10. The molecular weight excluding hydrogens is 656 g/mol. The zero-order valence-electron chi connectivity index (χ0n) is 21.0. The van der Waals surface area contributed by atoms with Gasteiger partial charge in [-0.25, -0.2) is 4.98 Å². The number of halogens is 2. The van der Waals surface area contributed by atoms with Crippen LogP contribution in [0, 0.1) is 10.1 Å². The molecule has 2 heterocycles. The molecule has 11 heteroatoms. The molecule has 0 amide bonds. The highest BCUT2D eigenvalue weighted by Crippen LogP contribution is 2.37. The monoisotopic (exact) mass is 672 g/mol. The number of benzene rings is 4. The number of para-hydroxylation sites is 2. The zero-order valence-corrected chi connectivity index (χ0v) is 24.2. The number of hydrogen-bond donors (Lipinski definition) is 0. The van der Waals surface area contributed by atoms with Gasteiger partial charge < -0.3 is 9.15 Å². The standard InChI is InChI=1S/C30H18Br2N4O5/c31-21-11-9-18(10-12-21)17-40-28-23(32)13-19(14-25(28)36(38)39)16-33-35-29(27-15-20-5-1-4-8-26(20)41-27)34-24-7-3-2-6-22(24)30(35)37/h1-16H,17H2. The molecular formula is C30H18Br2N4O5. The molecule has 0 aliphatic rings. The van der Waals surface area contributed by atoms with Crippen molar-refractivity contribution in [1.82, 2.24) is 9.66 Å². The van der Waals surface area contributed by atoms with Crippen molar-refractivity contribution in [3.63, 3.8) is 0 Å². The number of nitrogens with zero attached hydrogens (tertiary/aromatic N) is 4. The fraction of sp³-hybridized carbons (Fsp3) is 0.0333. The first-order valence-corrected chi connectivity index (χ1v) is 13.9. The van der Waals surface area contributed by atoms with Crippen LogP contribution < -0.4 is 10.3 Å². The first kappa shape index (κ1) is 26.6. The Morgan fingerprint density at radius 2 is 1.76 bits per heavy atom. The van der Waals surface area contributed by atoms with Gasteiger partial charge in [0.05, 0.1) is 26.5 Å². The Morgan fingerprint density at radius 1 is 1.00 bits per heavy atom. The second-order valence-corrected chi connectivity index (χ2v) is 10.8. The minimum Gasteiger partial charge on any atom is -0.481 e. The van der Waals surface area contributed by atoms with Crippen LogP contribution in [0.25, 0.3) is 33.5 Å². The van der Waals surface area contributed by atoms with Crippen molar-refractivity contribution >= 4 is 65.6 Å². The van der Waals surface area contributed by atoms with Gasteiger partial charge in [0.1, 0.15) is 12.2 Å². The fourth-order valence-electron chi connectivity index (χ4n) is 4.30. The number of ether oxygens (including phenoxy) is 1. The fourth-order valence-corrected chi connectivity index (χ4v) is 5.14. The number of rotatable bonds is 7. The molecule has 6 rings (SSSR count). The van der Waals surface area contributed by atoms with Crippen LogP contribution in [0.3, 0.4) is 0 Å². The number of fused-ring (bicyclic) bond motifs is 2. The van der Waals surface area contributed by atoms with E-state index in [9.17, 15) is 14.9 Å². The average molecular weight is 674 g/mol. The minimum atomic E-state index is -0.525. The molecule has 202 valence electrons. The molecule has 0 saturated heterocycles. The van der Waals surface area contributed by atoms with Gasteiger partial charge in [0.2, 0.25) is 11.6 Å².